The Kier molecular flexibility index (Phi) is 9.66. The molecule has 0 radical (unpaired) electrons. The number of aromatic nitrogens is 1. The highest BCUT2D eigenvalue weighted by Gasteiger charge is 2.62. The Morgan fingerprint density at radius 2 is 1.86 bits per heavy atom. The van der Waals surface area contributed by atoms with Crippen LogP contribution in [0.15, 0.2) is 30.5 Å². The highest BCUT2D eigenvalue weighted by Crippen LogP contribution is 2.47. The fourth-order valence-electron chi connectivity index (χ4n) is 8.06. The van der Waals surface area contributed by atoms with E-state index in [2.05, 4.69) is 32.5 Å². The van der Waals surface area contributed by atoms with E-state index in [0.29, 0.717) is 38.0 Å². The molecule has 3 heterocycles. The average molecular weight is 710 g/mol. The van der Waals surface area contributed by atoms with Crippen LogP contribution in [0.5, 0.6) is 5.88 Å². The van der Waals surface area contributed by atoms with E-state index >= 15 is 0 Å². The minimum absolute atomic E-state index is 0.0566. The van der Waals surface area contributed by atoms with Gasteiger partial charge in [0.2, 0.25) is 27.7 Å². The molecule has 7 rings (SSSR count). The maximum Gasteiger partial charge on any atom is 0.407 e. The van der Waals surface area contributed by atoms with Gasteiger partial charge in [0, 0.05) is 18.0 Å². The minimum Gasteiger partial charge on any atom is -0.472 e. The summed E-state index contributed by atoms with van der Waals surface area (Å²) in [5.74, 6) is -1.68. The molecule has 5 aliphatic rings. The number of hydrogen-bond donors (Lipinski definition) is 3. The standard InChI is InChI=1S/C36H47N5O8S/c1-2-25-20-36(25,34(44)40-50(46,47)27-13-14-27)39-31(42)29-19-26-21-41(29)33(43)30(24-9-5-6-10-24)38-35(45)48-17-7-3-4-8-22-11-12-23-15-16-37-32(49-26)28(23)18-22/h11-12,15-16,18,24-27,29-30H,2-10,13-14,17,19-21H2,1H3,(H,38,45)(H,39,42)(H,40,44)/t25-,26-,29+,30+,36-/m1/s1. The first kappa shape index (κ1) is 34.5. The zero-order valence-corrected chi connectivity index (χ0v) is 29.3. The zero-order valence-electron chi connectivity index (χ0n) is 28.5. The number of aryl methyl sites for hydroxylation is 1. The lowest BCUT2D eigenvalue weighted by Crippen LogP contribution is -2.59. The number of benzene rings is 1. The lowest BCUT2D eigenvalue weighted by atomic mass is 9.96. The molecule has 4 bridgehead atoms. The van der Waals surface area contributed by atoms with E-state index in [1.54, 1.807) is 6.20 Å². The lowest BCUT2D eigenvalue weighted by Gasteiger charge is -2.32. The molecular formula is C36H47N5O8S. The highest BCUT2D eigenvalue weighted by molar-refractivity contribution is 7.91. The molecule has 14 heteroatoms. The van der Waals surface area contributed by atoms with Crippen molar-refractivity contribution in [1.29, 1.82) is 0 Å². The van der Waals surface area contributed by atoms with Crippen molar-refractivity contribution < 1.29 is 37.1 Å². The van der Waals surface area contributed by atoms with Gasteiger partial charge in [-0.15, -0.1) is 0 Å². The van der Waals surface area contributed by atoms with Gasteiger partial charge in [-0.1, -0.05) is 38.3 Å². The summed E-state index contributed by atoms with van der Waals surface area (Å²) in [5, 5.41) is 6.95. The van der Waals surface area contributed by atoms with Crippen LogP contribution in [-0.4, -0.2) is 84.2 Å². The molecular weight excluding hydrogens is 662 g/mol. The Bertz CT molecular complexity index is 1760. The van der Waals surface area contributed by atoms with Crippen LogP contribution in [0.25, 0.3) is 10.8 Å². The van der Waals surface area contributed by atoms with Crippen molar-refractivity contribution in [2.24, 2.45) is 11.8 Å². The first-order valence-electron chi connectivity index (χ1n) is 18.2. The second kappa shape index (κ2) is 14.0. The van der Waals surface area contributed by atoms with Crippen LogP contribution in [0.1, 0.15) is 89.5 Å². The van der Waals surface area contributed by atoms with E-state index in [4.69, 9.17) is 9.47 Å². The SMILES string of the molecule is CC[C@@H]1C[C@]1(NC(=O)[C@@H]1C[C@@H]2CN1C(=O)[C@H](C1CCCC1)NC(=O)OCCCCCc1ccc3ccnc(c3c1)O2)C(=O)NS(=O)(=O)C1CC1. The van der Waals surface area contributed by atoms with E-state index in [0.717, 1.165) is 61.3 Å². The molecule has 5 atom stereocenters. The van der Waals surface area contributed by atoms with Crippen molar-refractivity contribution >= 4 is 44.6 Å². The summed E-state index contributed by atoms with van der Waals surface area (Å²) >= 11 is 0. The van der Waals surface area contributed by atoms with E-state index in [9.17, 15) is 27.6 Å². The molecule has 0 unspecified atom stereocenters. The van der Waals surface area contributed by atoms with Crippen LogP contribution in [0, 0.1) is 11.8 Å². The number of carbonyl (C=O) groups excluding carboxylic acids is 4. The number of amides is 4. The first-order valence-corrected chi connectivity index (χ1v) is 19.8. The second-order valence-corrected chi connectivity index (χ2v) is 16.7. The maximum absolute atomic E-state index is 14.5. The third kappa shape index (κ3) is 7.13. The molecule has 50 heavy (non-hydrogen) atoms. The molecule has 2 aliphatic heterocycles. The summed E-state index contributed by atoms with van der Waals surface area (Å²) in [7, 11) is -3.84. The van der Waals surface area contributed by atoms with E-state index in [1.807, 2.05) is 19.1 Å². The van der Waals surface area contributed by atoms with Crippen LogP contribution in [-0.2, 0) is 35.6 Å². The third-order valence-corrected chi connectivity index (χ3v) is 13.0. The largest absolute Gasteiger partial charge is 0.472 e. The summed E-state index contributed by atoms with van der Waals surface area (Å²) in [6, 6.07) is 6.16. The fraction of sp³-hybridized carbons (Fsp3) is 0.639. The number of carbonyl (C=O) groups is 4. The molecule has 13 nitrogen and oxygen atoms in total. The maximum atomic E-state index is 14.5. The highest BCUT2D eigenvalue weighted by atomic mass is 32.2. The number of fused-ring (bicyclic) bond motifs is 3. The summed E-state index contributed by atoms with van der Waals surface area (Å²) in [6.45, 7) is 2.17. The number of ether oxygens (including phenoxy) is 2. The van der Waals surface area contributed by atoms with Crippen LogP contribution in [0.3, 0.4) is 0 Å². The van der Waals surface area contributed by atoms with Gasteiger partial charge in [0.1, 0.15) is 23.7 Å². The van der Waals surface area contributed by atoms with Gasteiger partial charge in [-0.2, -0.15) is 0 Å². The zero-order chi connectivity index (χ0) is 35.0. The van der Waals surface area contributed by atoms with Gasteiger partial charge in [-0.25, -0.2) is 18.2 Å². The van der Waals surface area contributed by atoms with Crippen LogP contribution in [0.4, 0.5) is 4.79 Å². The molecule has 4 fully saturated rings. The monoisotopic (exact) mass is 709 g/mol. The second-order valence-electron chi connectivity index (χ2n) is 14.7. The molecule has 1 saturated heterocycles. The van der Waals surface area contributed by atoms with Crippen molar-refractivity contribution in [2.75, 3.05) is 13.2 Å². The Hall–Kier alpha value is -3.94. The van der Waals surface area contributed by atoms with E-state index < -0.39 is 62.8 Å². The molecule has 3 N–H and O–H groups in total. The number of rotatable bonds is 7. The summed E-state index contributed by atoms with van der Waals surface area (Å²) in [4.78, 5) is 61.4. The van der Waals surface area contributed by atoms with Crippen molar-refractivity contribution in [3.05, 3.63) is 36.0 Å². The number of pyridine rings is 1. The van der Waals surface area contributed by atoms with Gasteiger partial charge in [0.15, 0.2) is 0 Å². The molecule has 0 spiro atoms. The Morgan fingerprint density at radius 3 is 2.60 bits per heavy atom. The number of nitrogens with zero attached hydrogens (tertiary/aromatic N) is 2. The van der Waals surface area contributed by atoms with Crippen molar-refractivity contribution in [3.8, 4) is 5.88 Å². The van der Waals surface area contributed by atoms with E-state index in [1.165, 1.54) is 4.90 Å². The van der Waals surface area contributed by atoms with Gasteiger partial charge < -0.3 is 25.0 Å². The average Bonchev–Trinajstić information content (AvgIpc) is 3.97. The Balaban J connectivity index is 1.20. The quantitative estimate of drug-likeness (QED) is 0.389. The molecule has 2 aromatic rings. The van der Waals surface area contributed by atoms with Gasteiger partial charge in [-0.05, 0) is 92.7 Å². The van der Waals surface area contributed by atoms with Gasteiger partial charge in [-0.3, -0.25) is 19.1 Å². The van der Waals surface area contributed by atoms with E-state index in [-0.39, 0.29) is 31.4 Å². The number of nitrogens with one attached hydrogen (secondary N) is 3. The minimum atomic E-state index is -3.84. The first-order chi connectivity index (χ1) is 24.1. The fourth-order valence-corrected chi connectivity index (χ4v) is 9.42. The number of alkyl carbamates (subject to hydrolysis) is 1. The lowest BCUT2D eigenvalue weighted by molar-refractivity contribution is -0.142. The normalized spacial score (nSPS) is 29.4. The van der Waals surface area contributed by atoms with Gasteiger partial charge in [0.05, 0.1) is 18.4 Å². The molecule has 3 aliphatic carbocycles. The van der Waals surface area contributed by atoms with Crippen LogP contribution >= 0.6 is 0 Å². The summed E-state index contributed by atoms with van der Waals surface area (Å²) in [6.07, 6.45) is 9.01. The Morgan fingerprint density at radius 1 is 1.06 bits per heavy atom. The third-order valence-electron chi connectivity index (χ3n) is 11.2. The molecule has 1 aromatic carbocycles. The smallest absolute Gasteiger partial charge is 0.407 e. The predicted molar refractivity (Wildman–Crippen MR) is 183 cm³/mol. The van der Waals surface area contributed by atoms with Gasteiger partial charge >= 0.3 is 6.09 Å². The van der Waals surface area contributed by atoms with Crippen LogP contribution < -0.4 is 20.1 Å². The molecule has 3 saturated carbocycles. The summed E-state index contributed by atoms with van der Waals surface area (Å²) in [5.41, 5.74) is -0.272. The number of sulfonamides is 1. The van der Waals surface area contributed by atoms with Crippen molar-refractivity contribution in [2.45, 2.75) is 119 Å². The van der Waals surface area contributed by atoms with Crippen LogP contribution in [0.2, 0.25) is 0 Å². The molecule has 1 aromatic heterocycles. The van der Waals surface area contributed by atoms with Crippen molar-refractivity contribution in [3.63, 3.8) is 0 Å². The van der Waals surface area contributed by atoms with Gasteiger partial charge in [0.25, 0.3) is 5.91 Å². The number of cyclic esters (lactones) is 1. The summed E-state index contributed by atoms with van der Waals surface area (Å²) < 4.78 is 39.6. The van der Waals surface area contributed by atoms with Crippen molar-refractivity contribution in [1.82, 2.24) is 25.2 Å². The molecule has 270 valence electrons. The predicted octanol–water partition coefficient (Wildman–Crippen LogP) is 3.49. The number of hydrogen-bond acceptors (Lipinski definition) is 9. The Labute approximate surface area is 292 Å². The topological polar surface area (TPSA) is 173 Å². The molecule has 4 amide bonds.